The third-order valence-electron chi connectivity index (χ3n) is 3.03. The van der Waals surface area contributed by atoms with E-state index in [2.05, 4.69) is 61.7 Å². The highest BCUT2D eigenvalue weighted by Gasteiger charge is 2.18. The zero-order valence-electron chi connectivity index (χ0n) is 13.4. The summed E-state index contributed by atoms with van der Waals surface area (Å²) >= 11 is 0. The highest BCUT2D eigenvalue weighted by atomic mass is 15.2. The Morgan fingerprint density at radius 3 is 2.21 bits per heavy atom. The molecule has 0 aromatic carbocycles. The zero-order valence-corrected chi connectivity index (χ0v) is 13.4. The zero-order chi connectivity index (χ0) is 14.6. The highest BCUT2D eigenvalue weighted by Crippen LogP contribution is 2.25. The van der Waals surface area contributed by atoms with Crippen LogP contribution < -0.4 is 10.2 Å². The topological polar surface area (TPSA) is 41.1 Å². The van der Waals surface area contributed by atoms with Gasteiger partial charge in [-0.05, 0) is 40.5 Å². The Morgan fingerprint density at radius 2 is 1.74 bits per heavy atom. The van der Waals surface area contributed by atoms with E-state index in [1.807, 2.05) is 6.92 Å². The molecule has 0 aliphatic carbocycles. The van der Waals surface area contributed by atoms with Gasteiger partial charge in [0.05, 0.1) is 0 Å². The summed E-state index contributed by atoms with van der Waals surface area (Å²) in [6.45, 7) is 16.9. The summed E-state index contributed by atoms with van der Waals surface area (Å²) in [5.41, 5.74) is 1.14. The summed E-state index contributed by atoms with van der Waals surface area (Å²) in [6, 6.07) is 0.435. The fraction of sp³-hybridized carbons (Fsp3) is 0.733. The van der Waals surface area contributed by atoms with Gasteiger partial charge < -0.3 is 10.2 Å². The van der Waals surface area contributed by atoms with E-state index in [0.29, 0.717) is 12.0 Å². The number of rotatable bonds is 6. The molecule has 0 amide bonds. The normalized spacial score (nSPS) is 11.2. The summed E-state index contributed by atoms with van der Waals surface area (Å²) < 4.78 is 0. The molecule has 1 aromatic rings. The molecular weight excluding hydrogens is 236 g/mol. The standard InChI is InChI=1S/C15H28N4/c1-8-16-14-12(6)15(18-13(7)17-14)19(11(4)5)9-10(2)3/h10-11H,8-9H2,1-7H3,(H,16,17,18). The lowest BCUT2D eigenvalue weighted by Crippen LogP contribution is -2.35. The molecule has 0 saturated carbocycles. The maximum atomic E-state index is 4.67. The number of aromatic nitrogens is 2. The van der Waals surface area contributed by atoms with E-state index in [-0.39, 0.29) is 0 Å². The predicted molar refractivity (Wildman–Crippen MR) is 83.0 cm³/mol. The number of aryl methyl sites for hydroxylation is 1. The molecule has 0 aliphatic rings. The van der Waals surface area contributed by atoms with Crippen molar-refractivity contribution in [1.82, 2.24) is 9.97 Å². The average Bonchev–Trinajstić information content (AvgIpc) is 2.30. The van der Waals surface area contributed by atoms with Crippen molar-refractivity contribution in [3.8, 4) is 0 Å². The minimum absolute atomic E-state index is 0.435. The fourth-order valence-corrected chi connectivity index (χ4v) is 2.17. The maximum Gasteiger partial charge on any atom is 0.137 e. The van der Waals surface area contributed by atoms with Gasteiger partial charge in [-0.15, -0.1) is 0 Å². The van der Waals surface area contributed by atoms with Gasteiger partial charge in [-0.25, -0.2) is 9.97 Å². The molecule has 1 rings (SSSR count). The molecule has 0 spiro atoms. The molecule has 0 unspecified atom stereocenters. The van der Waals surface area contributed by atoms with E-state index >= 15 is 0 Å². The van der Waals surface area contributed by atoms with Gasteiger partial charge in [0.15, 0.2) is 0 Å². The fourth-order valence-electron chi connectivity index (χ4n) is 2.17. The molecule has 1 N–H and O–H groups in total. The van der Waals surface area contributed by atoms with Crippen molar-refractivity contribution in [1.29, 1.82) is 0 Å². The largest absolute Gasteiger partial charge is 0.370 e. The molecule has 4 nitrogen and oxygen atoms in total. The summed E-state index contributed by atoms with van der Waals surface area (Å²) in [7, 11) is 0. The predicted octanol–water partition coefficient (Wildman–Crippen LogP) is 3.40. The van der Waals surface area contributed by atoms with E-state index in [1.165, 1.54) is 0 Å². The summed E-state index contributed by atoms with van der Waals surface area (Å²) in [4.78, 5) is 11.5. The van der Waals surface area contributed by atoms with Crippen LogP contribution in [0.15, 0.2) is 0 Å². The second-order valence-corrected chi connectivity index (χ2v) is 5.74. The first-order chi connectivity index (χ1) is 8.86. The van der Waals surface area contributed by atoms with Gasteiger partial charge in [-0.3, -0.25) is 0 Å². The quantitative estimate of drug-likeness (QED) is 0.855. The minimum atomic E-state index is 0.435. The van der Waals surface area contributed by atoms with Crippen LogP contribution in [0.4, 0.5) is 11.6 Å². The monoisotopic (exact) mass is 264 g/mol. The van der Waals surface area contributed by atoms with Crippen LogP contribution in [0.2, 0.25) is 0 Å². The second-order valence-electron chi connectivity index (χ2n) is 5.74. The number of nitrogens with one attached hydrogen (secondary N) is 1. The van der Waals surface area contributed by atoms with Crippen LogP contribution in [0.1, 0.15) is 46.0 Å². The molecular formula is C15H28N4. The van der Waals surface area contributed by atoms with Crippen molar-refractivity contribution in [2.75, 3.05) is 23.3 Å². The van der Waals surface area contributed by atoms with Crippen molar-refractivity contribution in [2.24, 2.45) is 5.92 Å². The number of hydrogen-bond donors (Lipinski definition) is 1. The van der Waals surface area contributed by atoms with Crippen molar-refractivity contribution < 1.29 is 0 Å². The van der Waals surface area contributed by atoms with Crippen LogP contribution in [-0.2, 0) is 0 Å². The van der Waals surface area contributed by atoms with Gasteiger partial charge in [0.2, 0.25) is 0 Å². The Labute approximate surface area is 117 Å². The highest BCUT2D eigenvalue weighted by molar-refractivity contribution is 5.59. The first-order valence-electron chi connectivity index (χ1n) is 7.22. The summed E-state index contributed by atoms with van der Waals surface area (Å²) in [5, 5.41) is 3.33. The lowest BCUT2D eigenvalue weighted by atomic mass is 10.1. The Hall–Kier alpha value is -1.32. The SMILES string of the molecule is CCNc1nc(C)nc(N(CC(C)C)C(C)C)c1C. The van der Waals surface area contributed by atoms with Gasteiger partial charge >= 0.3 is 0 Å². The molecule has 0 aliphatic heterocycles. The maximum absolute atomic E-state index is 4.67. The molecule has 4 heteroatoms. The Bertz CT molecular complexity index is 413. The van der Waals surface area contributed by atoms with Gasteiger partial charge in [-0.1, -0.05) is 13.8 Å². The van der Waals surface area contributed by atoms with E-state index in [9.17, 15) is 0 Å². The summed E-state index contributed by atoms with van der Waals surface area (Å²) in [6.07, 6.45) is 0. The van der Waals surface area contributed by atoms with E-state index in [0.717, 1.165) is 36.1 Å². The van der Waals surface area contributed by atoms with E-state index < -0.39 is 0 Å². The lowest BCUT2D eigenvalue weighted by Gasteiger charge is -2.31. The molecule has 0 atom stereocenters. The lowest BCUT2D eigenvalue weighted by molar-refractivity contribution is 0.564. The second kappa shape index (κ2) is 6.73. The molecule has 108 valence electrons. The Balaban J connectivity index is 3.21. The minimum Gasteiger partial charge on any atom is -0.370 e. The molecule has 0 saturated heterocycles. The van der Waals surface area contributed by atoms with Gasteiger partial charge in [0.1, 0.15) is 17.5 Å². The van der Waals surface area contributed by atoms with Crippen molar-refractivity contribution in [3.63, 3.8) is 0 Å². The van der Waals surface area contributed by atoms with Gasteiger partial charge in [0.25, 0.3) is 0 Å². The molecule has 0 bridgehead atoms. The molecule has 1 aromatic heterocycles. The average molecular weight is 264 g/mol. The Morgan fingerprint density at radius 1 is 1.11 bits per heavy atom. The van der Waals surface area contributed by atoms with Crippen LogP contribution in [-0.4, -0.2) is 29.1 Å². The third kappa shape index (κ3) is 4.08. The van der Waals surface area contributed by atoms with Gasteiger partial charge in [0, 0.05) is 24.7 Å². The molecule has 0 fully saturated rings. The third-order valence-corrected chi connectivity index (χ3v) is 3.03. The number of nitrogens with zero attached hydrogens (tertiary/aromatic N) is 3. The van der Waals surface area contributed by atoms with Crippen molar-refractivity contribution in [3.05, 3.63) is 11.4 Å². The van der Waals surface area contributed by atoms with Gasteiger partial charge in [-0.2, -0.15) is 0 Å². The first kappa shape index (κ1) is 15.7. The van der Waals surface area contributed by atoms with Crippen molar-refractivity contribution in [2.45, 2.75) is 54.5 Å². The number of anilines is 2. The molecule has 1 heterocycles. The first-order valence-corrected chi connectivity index (χ1v) is 7.22. The van der Waals surface area contributed by atoms with Crippen LogP contribution >= 0.6 is 0 Å². The van der Waals surface area contributed by atoms with Crippen molar-refractivity contribution >= 4 is 11.6 Å². The summed E-state index contributed by atoms with van der Waals surface area (Å²) in [5.74, 6) is 3.46. The van der Waals surface area contributed by atoms with Crippen LogP contribution in [0.5, 0.6) is 0 Å². The molecule has 0 radical (unpaired) electrons. The number of hydrogen-bond acceptors (Lipinski definition) is 4. The van der Waals surface area contributed by atoms with E-state index in [1.54, 1.807) is 0 Å². The van der Waals surface area contributed by atoms with E-state index in [4.69, 9.17) is 0 Å². The van der Waals surface area contributed by atoms with Crippen LogP contribution in [0, 0.1) is 19.8 Å². The van der Waals surface area contributed by atoms with Crippen LogP contribution in [0.3, 0.4) is 0 Å². The smallest absolute Gasteiger partial charge is 0.137 e. The molecule has 19 heavy (non-hydrogen) atoms. The Kier molecular flexibility index (Phi) is 5.58. The van der Waals surface area contributed by atoms with Crippen LogP contribution in [0.25, 0.3) is 0 Å².